The number of aryl methyl sites for hydroxylation is 3. The van der Waals surface area contributed by atoms with E-state index >= 15 is 0 Å². The molecule has 5 rings (SSSR count). The molecule has 1 fully saturated rings. The highest BCUT2D eigenvalue weighted by molar-refractivity contribution is 5.89. The van der Waals surface area contributed by atoms with Gasteiger partial charge in [-0.2, -0.15) is 0 Å². The minimum Gasteiger partial charge on any atom is -0.322 e. The summed E-state index contributed by atoms with van der Waals surface area (Å²) < 4.78 is 2.15. The number of nitrogens with zero attached hydrogens (tertiary/aromatic N) is 5. The molecule has 1 saturated heterocycles. The number of urea groups is 1. The molecule has 0 radical (unpaired) electrons. The van der Waals surface area contributed by atoms with Crippen molar-refractivity contribution >= 4 is 22.9 Å². The van der Waals surface area contributed by atoms with Gasteiger partial charge in [0.2, 0.25) is 0 Å². The summed E-state index contributed by atoms with van der Waals surface area (Å²) in [6.07, 6.45) is 1.81. The first-order chi connectivity index (χ1) is 16.5. The highest BCUT2D eigenvalue weighted by atomic mass is 16.2. The molecule has 2 amide bonds. The summed E-state index contributed by atoms with van der Waals surface area (Å²) >= 11 is 0. The van der Waals surface area contributed by atoms with Gasteiger partial charge in [0, 0.05) is 43.8 Å². The van der Waals surface area contributed by atoms with Crippen LogP contribution in [0.2, 0.25) is 0 Å². The number of imidazole rings is 1. The third-order valence-electron chi connectivity index (χ3n) is 6.28. The van der Waals surface area contributed by atoms with Crippen molar-refractivity contribution in [2.75, 3.05) is 31.5 Å². The maximum atomic E-state index is 12.8. The topological polar surface area (TPSA) is 66.3 Å². The summed E-state index contributed by atoms with van der Waals surface area (Å²) in [7, 11) is 0. The van der Waals surface area contributed by atoms with Crippen LogP contribution < -0.4 is 5.32 Å². The largest absolute Gasteiger partial charge is 0.322 e. The zero-order chi connectivity index (χ0) is 23.7. The Hall–Kier alpha value is -3.71. The van der Waals surface area contributed by atoms with Gasteiger partial charge in [-0.1, -0.05) is 23.8 Å². The van der Waals surface area contributed by atoms with Crippen LogP contribution in [0.15, 0.2) is 60.8 Å². The lowest BCUT2D eigenvalue weighted by atomic mass is 10.1. The SMILES string of the molecule is Cc1ccc(-n2c(CN3CCN(C(=O)Nc4cc(C)cc(C)c4)CC3)nc3cccnc32)cc1. The zero-order valence-electron chi connectivity index (χ0n) is 20.0. The van der Waals surface area contributed by atoms with Crippen LogP contribution >= 0.6 is 0 Å². The van der Waals surface area contributed by atoms with Gasteiger partial charge in [0.15, 0.2) is 5.65 Å². The number of carbonyl (C=O) groups excluding carboxylic acids is 1. The molecule has 0 bridgehead atoms. The molecule has 0 spiro atoms. The second-order valence-electron chi connectivity index (χ2n) is 9.11. The van der Waals surface area contributed by atoms with Gasteiger partial charge >= 0.3 is 6.03 Å². The van der Waals surface area contributed by atoms with E-state index in [0.717, 1.165) is 52.6 Å². The molecule has 174 valence electrons. The minimum atomic E-state index is -0.0410. The highest BCUT2D eigenvalue weighted by Gasteiger charge is 2.23. The van der Waals surface area contributed by atoms with Gasteiger partial charge in [-0.05, 0) is 68.3 Å². The van der Waals surface area contributed by atoms with Crippen LogP contribution in [0, 0.1) is 20.8 Å². The summed E-state index contributed by atoms with van der Waals surface area (Å²) in [5, 5.41) is 3.05. The Morgan fingerprint density at radius 2 is 1.62 bits per heavy atom. The van der Waals surface area contributed by atoms with Crippen LogP contribution in [-0.4, -0.2) is 56.5 Å². The molecule has 7 heteroatoms. The Kier molecular flexibility index (Phi) is 6.02. The first-order valence-corrected chi connectivity index (χ1v) is 11.7. The van der Waals surface area contributed by atoms with Gasteiger partial charge in [0.1, 0.15) is 11.3 Å². The van der Waals surface area contributed by atoms with Crippen LogP contribution in [-0.2, 0) is 6.54 Å². The molecule has 1 N–H and O–H groups in total. The van der Waals surface area contributed by atoms with Crippen molar-refractivity contribution in [1.29, 1.82) is 0 Å². The molecule has 0 aliphatic carbocycles. The number of piperazine rings is 1. The summed E-state index contributed by atoms with van der Waals surface area (Å²) in [6, 6.07) is 18.5. The molecule has 1 aliphatic heterocycles. The number of pyridine rings is 1. The normalized spacial score (nSPS) is 14.5. The Morgan fingerprint density at radius 3 is 2.32 bits per heavy atom. The fourth-order valence-corrected chi connectivity index (χ4v) is 4.59. The van der Waals surface area contributed by atoms with E-state index in [4.69, 9.17) is 4.98 Å². The Balaban J connectivity index is 1.28. The summed E-state index contributed by atoms with van der Waals surface area (Å²) in [4.78, 5) is 26.6. The third-order valence-corrected chi connectivity index (χ3v) is 6.28. The molecule has 0 saturated carbocycles. The second kappa shape index (κ2) is 9.27. The van der Waals surface area contributed by atoms with Crippen LogP contribution in [0.5, 0.6) is 0 Å². The number of hydrogen-bond donors (Lipinski definition) is 1. The van der Waals surface area contributed by atoms with Crippen LogP contribution in [0.25, 0.3) is 16.9 Å². The van der Waals surface area contributed by atoms with Crippen molar-refractivity contribution in [2.45, 2.75) is 27.3 Å². The van der Waals surface area contributed by atoms with E-state index < -0.39 is 0 Å². The zero-order valence-corrected chi connectivity index (χ0v) is 20.0. The smallest absolute Gasteiger partial charge is 0.321 e. The lowest BCUT2D eigenvalue weighted by molar-refractivity contribution is 0.140. The van der Waals surface area contributed by atoms with E-state index in [1.165, 1.54) is 5.56 Å². The lowest BCUT2D eigenvalue weighted by Gasteiger charge is -2.34. The number of benzene rings is 2. The summed E-state index contributed by atoms with van der Waals surface area (Å²) in [5.74, 6) is 0.964. The second-order valence-corrected chi connectivity index (χ2v) is 9.11. The number of aromatic nitrogens is 3. The summed E-state index contributed by atoms with van der Waals surface area (Å²) in [6.45, 7) is 9.83. The van der Waals surface area contributed by atoms with Crippen LogP contribution in [0.1, 0.15) is 22.5 Å². The maximum absolute atomic E-state index is 12.8. The van der Waals surface area contributed by atoms with E-state index in [1.54, 1.807) is 0 Å². The van der Waals surface area contributed by atoms with Crippen LogP contribution in [0.4, 0.5) is 10.5 Å². The van der Waals surface area contributed by atoms with Crippen molar-refractivity contribution in [1.82, 2.24) is 24.3 Å². The predicted octanol–water partition coefficient (Wildman–Crippen LogP) is 4.70. The molecule has 34 heavy (non-hydrogen) atoms. The molecular weight excluding hydrogens is 424 g/mol. The number of amides is 2. The first-order valence-electron chi connectivity index (χ1n) is 11.7. The molecule has 7 nitrogen and oxygen atoms in total. The predicted molar refractivity (Wildman–Crippen MR) is 135 cm³/mol. The van der Waals surface area contributed by atoms with E-state index in [1.807, 2.05) is 49.2 Å². The fraction of sp³-hybridized carbons (Fsp3) is 0.296. The molecule has 0 unspecified atom stereocenters. The van der Waals surface area contributed by atoms with Gasteiger partial charge in [0.05, 0.1) is 6.54 Å². The molecule has 4 aromatic rings. The lowest BCUT2D eigenvalue weighted by Crippen LogP contribution is -2.49. The van der Waals surface area contributed by atoms with E-state index in [-0.39, 0.29) is 6.03 Å². The number of nitrogens with one attached hydrogen (secondary N) is 1. The van der Waals surface area contributed by atoms with Gasteiger partial charge < -0.3 is 10.2 Å². The number of fused-ring (bicyclic) bond motifs is 1. The molecule has 2 aromatic carbocycles. The molecule has 0 atom stereocenters. The number of carbonyl (C=O) groups is 1. The molecule has 3 heterocycles. The summed E-state index contributed by atoms with van der Waals surface area (Å²) in [5.41, 5.74) is 7.19. The van der Waals surface area contributed by atoms with Gasteiger partial charge in [-0.25, -0.2) is 14.8 Å². The maximum Gasteiger partial charge on any atom is 0.321 e. The Bertz CT molecular complexity index is 1300. The van der Waals surface area contributed by atoms with E-state index in [0.29, 0.717) is 19.6 Å². The quantitative estimate of drug-likeness (QED) is 0.486. The fourth-order valence-electron chi connectivity index (χ4n) is 4.59. The standard InChI is InChI=1S/C27H30N6O/c1-19-6-8-23(9-7-19)33-25(30-24-5-4-10-28-26(24)33)18-31-11-13-32(14-12-31)27(34)29-22-16-20(2)15-21(3)17-22/h4-10,15-17H,11-14,18H2,1-3H3,(H,29,34). The minimum absolute atomic E-state index is 0.0410. The Morgan fingerprint density at radius 1 is 0.912 bits per heavy atom. The van der Waals surface area contributed by atoms with Gasteiger partial charge in [-0.15, -0.1) is 0 Å². The first kappa shape index (κ1) is 22.1. The van der Waals surface area contributed by atoms with E-state index in [9.17, 15) is 4.79 Å². The highest BCUT2D eigenvalue weighted by Crippen LogP contribution is 2.22. The monoisotopic (exact) mass is 454 g/mol. The number of hydrogen-bond acceptors (Lipinski definition) is 4. The number of rotatable bonds is 4. The Labute approximate surface area is 200 Å². The third kappa shape index (κ3) is 4.65. The van der Waals surface area contributed by atoms with E-state index in [2.05, 4.69) is 57.0 Å². The number of anilines is 1. The van der Waals surface area contributed by atoms with Crippen molar-refractivity contribution in [3.05, 3.63) is 83.3 Å². The molecule has 2 aromatic heterocycles. The van der Waals surface area contributed by atoms with Gasteiger partial charge in [0.25, 0.3) is 0 Å². The average Bonchev–Trinajstić information content (AvgIpc) is 3.17. The van der Waals surface area contributed by atoms with Crippen LogP contribution in [0.3, 0.4) is 0 Å². The average molecular weight is 455 g/mol. The van der Waals surface area contributed by atoms with Gasteiger partial charge in [-0.3, -0.25) is 9.47 Å². The van der Waals surface area contributed by atoms with Crippen molar-refractivity contribution < 1.29 is 4.79 Å². The van der Waals surface area contributed by atoms with Crippen molar-refractivity contribution in [3.8, 4) is 5.69 Å². The molecule has 1 aliphatic rings. The van der Waals surface area contributed by atoms with Crippen molar-refractivity contribution in [3.63, 3.8) is 0 Å². The van der Waals surface area contributed by atoms with Crippen molar-refractivity contribution in [2.24, 2.45) is 0 Å². The molecular formula is C27H30N6O.